The van der Waals surface area contributed by atoms with E-state index in [-0.39, 0.29) is 26.7 Å². The van der Waals surface area contributed by atoms with Gasteiger partial charge in [-0.2, -0.15) is 4.72 Å². The van der Waals surface area contributed by atoms with E-state index in [1.54, 1.807) is 6.92 Å². The lowest BCUT2D eigenvalue weighted by molar-refractivity contribution is -0.144. The number of esters is 1. The van der Waals surface area contributed by atoms with Crippen molar-refractivity contribution in [2.45, 2.75) is 24.8 Å². The minimum Gasteiger partial charge on any atom is -0.465 e. The van der Waals surface area contributed by atoms with E-state index in [1.165, 1.54) is 19.1 Å². The molecule has 0 bridgehead atoms. The summed E-state index contributed by atoms with van der Waals surface area (Å²) in [5.41, 5.74) is 5.82. The number of nitrogen functional groups attached to an aromatic ring is 1. The predicted octanol–water partition coefficient (Wildman–Crippen LogP) is 1.91. The second-order valence-electron chi connectivity index (χ2n) is 3.90. The quantitative estimate of drug-likeness (QED) is 0.596. The van der Waals surface area contributed by atoms with Gasteiger partial charge in [-0.05, 0) is 41.9 Å². The Morgan fingerprint density at radius 3 is 2.70 bits per heavy atom. The van der Waals surface area contributed by atoms with E-state index in [1.807, 2.05) is 0 Å². The molecule has 0 aliphatic carbocycles. The highest BCUT2D eigenvalue weighted by atomic mass is 79.9. The van der Waals surface area contributed by atoms with E-state index in [4.69, 9.17) is 22.1 Å². The molecule has 0 radical (unpaired) electrons. The summed E-state index contributed by atoms with van der Waals surface area (Å²) < 4.78 is 31.6. The second kappa shape index (κ2) is 6.75. The highest BCUT2D eigenvalue weighted by Gasteiger charge is 2.25. The monoisotopic (exact) mass is 384 g/mol. The number of nitrogens with one attached hydrogen (secondary N) is 1. The Bertz CT molecular complexity index is 621. The SMILES string of the molecule is CCOC(=O)C(C)NS(=O)(=O)c1cc(Cl)cc(N)c1Br. The molecule has 0 aromatic heterocycles. The third-order valence-electron chi connectivity index (χ3n) is 2.29. The van der Waals surface area contributed by atoms with Crippen LogP contribution < -0.4 is 10.5 Å². The fourth-order valence-electron chi connectivity index (χ4n) is 1.39. The number of halogens is 2. The van der Waals surface area contributed by atoms with E-state index in [0.29, 0.717) is 0 Å². The summed E-state index contributed by atoms with van der Waals surface area (Å²) in [7, 11) is -3.96. The molecule has 3 N–H and O–H groups in total. The Kier molecular flexibility index (Phi) is 5.81. The molecule has 0 spiro atoms. The highest BCUT2D eigenvalue weighted by molar-refractivity contribution is 9.10. The Morgan fingerprint density at radius 1 is 1.55 bits per heavy atom. The van der Waals surface area contributed by atoms with Crippen LogP contribution in [0.2, 0.25) is 5.02 Å². The van der Waals surface area contributed by atoms with Crippen molar-refractivity contribution in [2.24, 2.45) is 0 Å². The molecule has 1 aromatic carbocycles. The molecule has 0 amide bonds. The van der Waals surface area contributed by atoms with E-state index < -0.39 is 22.0 Å². The smallest absolute Gasteiger partial charge is 0.323 e. The van der Waals surface area contributed by atoms with Gasteiger partial charge in [0.15, 0.2) is 0 Å². The zero-order valence-electron chi connectivity index (χ0n) is 10.8. The third kappa shape index (κ3) is 4.08. The van der Waals surface area contributed by atoms with E-state index in [9.17, 15) is 13.2 Å². The minimum atomic E-state index is -3.96. The molecule has 1 rings (SSSR count). The fourth-order valence-corrected chi connectivity index (χ4v) is 3.88. The van der Waals surface area contributed by atoms with Crippen LogP contribution in [0.25, 0.3) is 0 Å². The number of nitrogens with two attached hydrogens (primary N) is 1. The second-order valence-corrected chi connectivity index (χ2v) is 6.81. The van der Waals surface area contributed by atoms with E-state index >= 15 is 0 Å². The van der Waals surface area contributed by atoms with Crippen LogP contribution in [0, 0.1) is 0 Å². The van der Waals surface area contributed by atoms with Crippen molar-refractivity contribution in [3.8, 4) is 0 Å². The maximum Gasteiger partial charge on any atom is 0.323 e. The molecule has 1 atom stereocenters. The lowest BCUT2D eigenvalue weighted by atomic mass is 10.3. The standard InChI is InChI=1S/C11H14BrClN2O4S/c1-3-19-11(16)6(2)15-20(17,18)9-5-7(13)4-8(14)10(9)12/h4-6,15H,3,14H2,1-2H3. The van der Waals surface area contributed by atoms with Gasteiger partial charge in [-0.25, -0.2) is 8.42 Å². The molecule has 0 fully saturated rings. The molecular formula is C11H14BrClN2O4S. The van der Waals surface area contributed by atoms with Crippen molar-refractivity contribution in [2.75, 3.05) is 12.3 Å². The van der Waals surface area contributed by atoms with Gasteiger partial charge in [0.2, 0.25) is 10.0 Å². The zero-order valence-corrected chi connectivity index (χ0v) is 14.0. The number of ether oxygens (including phenoxy) is 1. The van der Waals surface area contributed by atoms with Gasteiger partial charge < -0.3 is 10.5 Å². The Labute approximate surface area is 130 Å². The summed E-state index contributed by atoms with van der Waals surface area (Å²) in [5, 5.41) is 0.176. The van der Waals surface area contributed by atoms with Crippen LogP contribution in [0.4, 0.5) is 5.69 Å². The van der Waals surface area contributed by atoms with Crippen molar-refractivity contribution < 1.29 is 17.9 Å². The Morgan fingerprint density at radius 2 is 2.15 bits per heavy atom. The number of benzene rings is 1. The molecule has 0 aliphatic heterocycles. The molecule has 0 saturated carbocycles. The largest absolute Gasteiger partial charge is 0.465 e. The van der Waals surface area contributed by atoms with Crippen LogP contribution in [0.1, 0.15) is 13.8 Å². The molecule has 112 valence electrons. The molecule has 20 heavy (non-hydrogen) atoms. The molecule has 1 aromatic rings. The highest BCUT2D eigenvalue weighted by Crippen LogP contribution is 2.31. The number of sulfonamides is 1. The summed E-state index contributed by atoms with van der Waals surface area (Å²) in [6.45, 7) is 3.18. The normalized spacial score (nSPS) is 13.0. The summed E-state index contributed by atoms with van der Waals surface area (Å²) in [5.74, 6) is -0.665. The van der Waals surface area contributed by atoms with Crippen molar-refractivity contribution in [1.29, 1.82) is 0 Å². The number of hydrogen-bond donors (Lipinski definition) is 2. The summed E-state index contributed by atoms with van der Waals surface area (Å²) in [6.07, 6.45) is 0. The molecule has 6 nitrogen and oxygen atoms in total. The van der Waals surface area contributed by atoms with Gasteiger partial charge in [-0.3, -0.25) is 4.79 Å². The molecule has 0 saturated heterocycles. The maximum absolute atomic E-state index is 12.2. The zero-order chi connectivity index (χ0) is 15.5. The first-order valence-electron chi connectivity index (χ1n) is 5.62. The number of carbonyl (C=O) groups is 1. The minimum absolute atomic E-state index is 0.140. The third-order valence-corrected chi connectivity index (χ3v) is 5.22. The van der Waals surface area contributed by atoms with Crippen LogP contribution in [-0.4, -0.2) is 27.0 Å². The van der Waals surface area contributed by atoms with E-state index in [0.717, 1.165) is 0 Å². The van der Waals surface area contributed by atoms with Gasteiger partial charge in [-0.15, -0.1) is 0 Å². The fraction of sp³-hybridized carbons (Fsp3) is 0.364. The number of rotatable bonds is 5. The topological polar surface area (TPSA) is 98.5 Å². The van der Waals surface area contributed by atoms with E-state index in [2.05, 4.69) is 20.7 Å². The maximum atomic E-state index is 12.2. The number of carbonyl (C=O) groups excluding carboxylic acids is 1. The van der Waals surface area contributed by atoms with Crippen molar-refractivity contribution in [3.05, 3.63) is 21.6 Å². The molecule has 9 heteroatoms. The summed E-state index contributed by atoms with van der Waals surface area (Å²) in [6, 6.07) is 1.63. The molecule has 0 heterocycles. The lowest BCUT2D eigenvalue weighted by Gasteiger charge is -2.14. The average Bonchev–Trinajstić information content (AvgIpc) is 2.33. The van der Waals surface area contributed by atoms with Gasteiger partial charge in [0, 0.05) is 10.7 Å². The van der Waals surface area contributed by atoms with Gasteiger partial charge in [0.1, 0.15) is 6.04 Å². The first-order valence-corrected chi connectivity index (χ1v) is 8.28. The van der Waals surface area contributed by atoms with Crippen molar-refractivity contribution >= 4 is 49.2 Å². The van der Waals surface area contributed by atoms with Crippen molar-refractivity contribution in [3.63, 3.8) is 0 Å². The first kappa shape index (κ1) is 17.2. The molecule has 1 unspecified atom stereocenters. The van der Waals surface area contributed by atoms with Crippen LogP contribution in [0.5, 0.6) is 0 Å². The average molecular weight is 386 g/mol. The predicted molar refractivity (Wildman–Crippen MR) is 80.0 cm³/mol. The summed E-state index contributed by atoms with van der Waals surface area (Å²) >= 11 is 8.88. The van der Waals surface area contributed by atoms with Crippen LogP contribution in [0.15, 0.2) is 21.5 Å². The van der Waals surface area contributed by atoms with Crippen LogP contribution in [-0.2, 0) is 19.6 Å². The molecule has 0 aliphatic rings. The van der Waals surface area contributed by atoms with Crippen molar-refractivity contribution in [1.82, 2.24) is 4.72 Å². The van der Waals surface area contributed by atoms with Gasteiger partial charge in [0.25, 0.3) is 0 Å². The van der Waals surface area contributed by atoms with Gasteiger partial charge in [-0.1, -0.05) is 11.6 Å². The van der Waals surface area contributed by atoms with Gasteiger partial charge >= 0.3 is 5.97 Å². The van der Waals surface area contributed by atoms with Crippen LogP contribution >= 0.6 is 27.5 Å². The number of hydrogen-bond acceptors (Lipinski definition) is 5. The summed E-state index contributed by atoms with van der Waals surface area (Å²) in [4.78, 5) is 11.3. The number of anilines is 1. The van der Waals surface area contributed by atoms with Crippen LogP contribution in [0.3, 0.4) is 0 Å². The first-order chi connectivity index (χ1) is 9.19. The Balaban J connectivity index is 3.09. The Hall–Kier alpha value is -0.830. The van der Waals surface area contributed by atoms with Gasteiger partial charge in [0.05, 0.1) is 16.0 Å². The molecular weight excluding hydrogens is 372 g/mol. The lowest BCUT2D eigenvalue weighted by Crippen LogP contribution is -2.39.